The summed E-state index contributed by atoms with van der Waals surface area (Å²) in [6.07, 6.45) is 0.662. The van der Waals surface area contributed by atoms with Crippen LogP contribution in [0.4, 0.5) is 4.79 Å². The van der Waals surface area contributed by atoms with Crippen LogP contribution in [0.3, 0.4) is 0 Å². The second-order valence-corrected chi connectivity index (χ2v) is 10.2. The van der Waals surface area contributed by atoms with Gasteiger partial charge in [-0.05, 0) is 71.4 Å². The van der Waals surface area contributed by atoms with E-state index in [9.17, 15) is 14.4 Å². The SMILES string of the molecule is CC(C)(C)OC(=O)[C@H](Cc1cccc(CC(=O)O)c1)[C@@H]1CCN(C(=O)OC(C)(C)C)C1. The number of amides is 1. The number of rotatable bonds is 6. The highest BCUT2D eigenvalue weighted by Crippen LogP contribution is 2.30. The van der Waals surface area contributed by atoms with E-state index in [1.807, 2.05) is 53.7 Å². The van der Waals surface area contributed by atoms with Crippen LogP contribution in [0.15, 0.2) is 24.3 Å². The molecule has 1 fully saturated rings. The van der Waals surface area contributed by atoms with Gasteiger partial charge in [0.25, 0.3) is 0 Å². The average molecular weight is 434 g/mol. The molecule has 0 unspecified atom stereocenters. The van der Waals surface area contributed by atoms with Crippen LogP contribution in [0.2, 0.25) is 0 Å². The molecule has 1 amide bonds. The molecule has 31 heavy (non-hydrogen) atoms. The quantitative estimate of drug-likeness (QED) is 0.680. The van der Waals surface area contributed by atoms with Gasteiger partial charge in [-0.3, -0.25) is 9.59 Å². The molecule has 0 aliphatic carbocycles. The Kier molecular flexibility index (Phi) is 7.73. The summed E-state index contributed by atoms with van der Waals surface area (Å²) in [4.78, 5) is 38.2. The zero-order valence-corrected chi connectivity index (χ0v) is 19.4. The highest BCUT2D eigenvalue weighted by Gasteiger charge is 2.39. The third kappa shape index (κ3) is 8.23. The lowest BCUT2D eigenvalue weighted by Gasteiger charge is -2.28. The van der Waals surface area contributed by atoms with Gasteiger partial charge in [-0.2, -0.15) is 0 Å². The van der Waals surface area contributed by atoms with Crippen molar-refractivity contribution in [3.05, 3.63) is 35.4 Å². The van der Waals surface area contributed by atoms with Crippen LogP contribution in [-0.4, -0.2) is 52.3 Å². The van der Waals surface area contributed by atoms with Crippen molar-refractivity contribution in [1.82, 2.24) is 4.90 Å². The number of carboxylic acid groups (broad SMARTS) is 1. The summed E-state index contributed by atoms with van der Waals surface area (Å²) in [6, 6.07) is 7.29. The molecule has 7 heteroatoms. The lowest BCUT2D eigenvalue weighted by molar-refractivity contribution is -0.162. The Hall–Kier alpha value is -2.57. The minimum absolute atomic E-state index is 0.0644. The molecule has 1 N–H and O–H groups in total. The van der Waals surface area contributed by atoms with Gasteiger partial charge in [0.1, 0.15) is 11.2 Å². The van der Waals surface area contributed by atoms with Crippen LogP contribution in [0.25, 0.3) is 0 Å². The largest absolute Gasteiger partial charge is 0.481 e. The van der Waals surface area contributed by atoms with Crippen molar-refractivity contribution in [2.75, 3.05) is 13.1 Å². The summed E-state index contributed by atoms with van der Waals surface area (Å²) < 4.78 is 11.2. The third-order valence-electron chi connectivity index (χ3n) is 4.96. The summed E-state index contributed by atoms with van der Waals surface area (Å²) in [7, 11) is 0. The Balaban J connectivity index is 2.19. The molecule has 1 aliphatic rings. The Morgan fingerprint density at radius 2 is 1.68 bits per heavy atom. The van der Waals surface area contributed by atoms with Crippen molar-refractivity contribution < 1.29 is 29.0 Å². The molecule has 0 spiro atoms. The molecule has 1 aromatic rings. The minimum Gasteiger partial charge on any atom is -0.481 e. The van der Waals surface area contributed by atoms with Crippen molar-refractivity contribution >= 4 is 18.0 Å². The van der Waals surface area contributed by atoms with Crippen LogP contribution in [-0.2, 0) is 31.9 Å². The van der Waals surface area contributed by atoms with E-state index in [1.165, 1.54) is 0 Å². The van der Waals surface area contributed by atoms with E-state index in [2.05, 4.69) is 0 Å². The number of carboxylic acids is 1. The molecule has 172 valence electrons. The number of benzene rings is 1. The Labute approximate surface area is 184 Å². The van der Waals surface area contributed by atoms with Gasteiger partial charge < -0.3 is 19.5 Å². The first kappa shape index (κ1) is 24.7. The van der Waals surface area contributed by atoms with Gasteiger partial charge in [0.15, 0.2) is 0 Å². The molecule has 7 nitrogen and oxygen atoms in total. The fraction of sp³-hybridized carbons (Fsp3) is 0.625. The van der Waals surface area contributed by atoms with Gasteiger partial charge in [-0.25, -0.2) is 4.79 Å². The minimum atomic E-state index is -0.898. The second kappa shape index (κ2) is 9.71. The molecule has 2 atom stereocenters. The number of aliphatic carboxylic acids is 1. The molecule has 1 aliphatic heterocycles. The van der Waals surface area contributed by atoms with Crippen LogP contribution in [0.1, 0.15) is 59.1 Å². The normalized spacial score (nSPS) is 17.9. The van der Waals surface area contributed by atoms with Gasteiger partial charge in [0.2, 0.25) is 0 Å². The maximum atomic E-state index is 13.1. The Morgan fingerprint density at radius 3 is 2.26 bits per heavy atom. The highest BCUT2D eigenvalue weighted by molar-refractivity contribution is 5.74. The second-order valence-electron chi connectivity index (χ2n) is 10.2. The van der Waals surface area contributed by atoms with Gasteiger partial charge in [-0.1, -0.05) is 24.3 Å². The number of ether oxygens (including phenoxy) is 2. The van der Waals surface area contributed by atoms with E-state index >= 15 is 0 Å². The first-order chi connectivity index (χ1) is 14.2. The molecule has 1 saturated heterocycles. The fourth-order valence-corrected chi connectivity index (χ4v) is 3.72. The molecule has 0 bridgehead atoms. The number of hydrogen-bond donors (Lipinski definition) is 1. The molecule has 1 heterocycles. The molecular weight excluding hydrogens is 398 g/mol. The maximum Gasteiger partial charge on any atom is 0.410 e. The highest BCUT2D eigenvalue weighted by atomic mass is 16.6. The van der Waals surface area contributed by atoms with E-state index in [-0.39, 0.29) is 24.4 Å². The van der Waals surface area contributed by atoms with Crippen molar-refractivity contribution in [1.29, 1.82) is 0 Å². The van der Waals surface area contributed by atoms with Crippen molar-refractivity contribution in [3.63, 3.8) is 0 Å². The molecule has 0 saturated carbocycles. The predicted octanol–water partition coefficient (Wildman–Crippen LogP) is 4.07. The van der Waals surface area contributed by atoms with Crippen LogP contribution in [0, 0.1) is 11.8 Å². The van der Waals surface area contributed by atoms with Gasteiger partial charge >= 0.3 is 18.0 Å². The zero-order chi connectivity index (χ0) is 23.4. The maximum absolute atomic E-state index is 13.1. The van der Waals surface area contributed by atoms with E-state index < -0.39 is 23.1 Å². The first-order valence-electron chi connectivity index (χ1n) is 10.7. The smallest absolute Gasteiger partial charge is 0.410 e. The monoisotopic (exact) mass is 433 g/mol. The first-order valence-corrected chi connectivity index (χ1v) is 10.7. The lowest BCUT2D eigenvalue weighted by atomic mass is 9.85. The number of carbonyl (C=O) groups excluding carboxylic acids is 2. The summed E-state index contributed by atoms with van der Waals surface area (Å²) in [5.41, 5.74) is 0.369. The van der Waals surface area contributed by atoms with Crippen LogP contribution < -0.4 is 0 Å². The zero-order valence-electron chi connectivity index (χ0n) is 19.4. The number of nitrogens with zero attached hydrogens (tertiary/aromatic N) is 1. The Bertz CT molecular complexity index is 805. The summed E-state index contributed by atoms with van der Waals surface area (Å²) >= 11 is 0. The topological polar surface area (TPSA) is 93.1 Å². The standard InChI is InChI=1S/C24H35NO6/c1-23(2,3)30-21(28)19(13-16-8-7-9-17(12-16)14-20(26)27)18-10-11-25(15-18)22(29)31-24(4,5)6/h7-9,12,18-19H,10-11,13-15H2,1-6H3,(H,26,27)/t18-,19-/m1/s1. The van der Waals surface area contributed by atoms with E-state index in [4.69, 9.17) is 14.6 Å². The van der Waals surface area contributed by atoms with Crippen LogP contribution >= 0.6 is 0 Å². The summed E-state index contributed by atoms with van der Waals surface area (Å²) in [5, 5.41) is 9.07. The summed E-state index contributed by atoms with van der Waals surface area (Å²) in [6.45, 7) is 11.9. The average Bonchev–Trinajstić information content (AvgIpc) is 3.06. The van der Waals surface area contributed by atoms with E-state index in [0.717, 1.165) is 5.56 Å². The molecule has 1 aromatic carbocycles. The van der Waals surface area contributed by atoms with E-state index in [1.54, 1.807) is 17.0 Å². The molecule has 0 aromatic heterocycles. The number of esters is 1. The number of carbonyl (C=O) groups is 3. The van der Waals surface area contributed by atoms with Gasteiger partial charge in [0, 0.05) is 13.1 Å². The lowest BCUT2D eigenvalue weighted by Crippen LogP contribution is -2.38. The molecule has 0 radical (unpaired) electrons. The van der Waals surface area contributed by atoms with Crippen molar-refractivity contribution in [3.8, 4) is 0 Å². The molecule has 2 rings (SSSR count). The van der Waals surface area contributed by atoms with Crippen molar-refractivity contribution in [2.45, 2.75) is 72.0 Å². The number of hydrogen-bond acceptors (Lipinski definition) is 5. The van der Waals surface area contributed by atoms with E-state index in [0.29, 0.717) is 31.5 Å². The summed E-state index contributed by atoms with van der Waals surface area (Å²) in [5.74, 6) is -1.70. The van der Waals surface area contributed by atoms with Gasteiger partial charge in [-0.15, -0.1) is 0 Å². The number of likely N-dealkylation sites (tertiary alicyclic amines) is 1. The van der Waals surface area contributed by atoms with Crippen molar-refractivity contribution in [2.24, 2.45) is 11.8 Å². The van der Waals surface area contributed by atoms with Gasteiger partial charge in [0.05, 0.1) is 12.3 Å². The molecular formula is C24H35NO6. The fourth-order valence-electron chi connectivity index (χ4n) is 3.72. The Morgan fingerprint density at radius 1 is 1.06 bits per heavy atom. The van der Waals surface area contributed by atoms with Crippen LogP contribution in [0.5, 0.6) is 0 Å². The third-order valence-corrected chi connectivity index (χ3v) is 4.96. The predicted molar refractivity (Wildman–Crippen MR) is 117 cm³/mol.